The van der Waals surface area contributed by atoms with Gasteiger partial charge in [-0.25, -0.2) is 18.5 Å². The smallest absolute Gasteiger partial charge is 0.257 e. The molecule has 1 saturated heterocycles. The van der Waals surface area contributed by atoms with Crippen molar-refractivity contribution in [2.24, 2.45) is 5.14 Å². The standard InChI is InChI=1S/C26H25N3O5S/c1-18-6-5-9-20(16-18)25(31)28(15-14-19-7-3-2-4-8-19)23-17-24(30)29(26(23)32)21-10-12-22(13-11-21)35(27,33)34/h2-13,16,23H,14-15,17H2,1H3,(H2,27,33,34). The Morgan fingerprint density at radius 1 is 1.00 bits per heavy atom. The van der Waals surface area contributed by atoms with Crippen LogP contribution in [0, 0.1) is 6.92 Å². The quantitative estimate of drug-likeness (QED) is 0.510. The van der Waals surface area contributed by atoms with Gasteiger partial charge in [-0.1, -0.05) is 48.0 Å². The fourth-order valence-electron chi connectivity index (χ4n) is 4.15. The molecule has 1 fully saturated rings. The molecule has 0 aliphatic carbocycles. The van der Waals surface area contributed by atoms with Crippen molar-refractivity contribution < 1.29 is 22.8 Å². The number of rotatable bonds is 7. The minimum Gasteiger partial charge on any atom is -0.326 e. The average molecular weight is 492 g/mol. The molecule has 3 aromatic carbocycles. The molecule has 2 N–H and O–H groups in total. The summed E-state index contributed by atoms with van der Waals surface area (Å²) in [5, 5.41) is 5.14. The van der Waals surface area contributed by atoms with E-state index in [4.69, 9.17) is 5.14 Å². The van der Waals surface area contributed by atoms with E-state index in [1.165, 1.54) is 29.2 Å². The Balaban J connectivity index is 1.64. The number of anilines is 1. The Morgan fingerprint density at radius 3 is 2.31 bits per heavy atom. The molecule has 3 aromatic rings. The zero-order valence-electron chi connectivity index (χ0n) is 19.1. The minimum atomic E-state index is -3.91. The van der Waals surface area contributed by atoms with Crippen molar-refractivity contribution in [3.8, 4) is 0 Å². The number of benzene rings is 3. The van der Waals surface area contributed by atoms with Crippen LogP contribution in [0.4, 0.5) is 5.69 Å². The van der Waals surface area contributed by atoms with Gasteiger partial charge in [0.05, 0.1) is 17.0 Å². The van der Waals surface area contributed by atoms with Gasteiger partial charge in [0.15, 0.2) is 0 Å². The van der Waals surface area contributed by atoms with Gasteiger partial charge in [0.1, 0.15) is 6.04 Å². The summed E-state index contributed by atoms with van der Waals surface area (Å²) in [4.78, 5) is 42.2. The van der Waals surface area contributed by atoms with Crippen molar-refractivity contribution in [2.75, 3.05) is 11.4 Å². The Hall–Kier alpha value is -3.82. The van der Waals surface area contributed by atoms with Gasteiger partial charge in [0, 0.05) is 12.1 Å². The Bertz CT molecular complexity index is 1370. The van der Waals surface area contributed by atoms with Crippen molar-refractivity contribution in [1.82, 2.24) is 4.90 Å². The maximum absolute atomic E-state index is 13.5. The Labute approximate surface area is 204 Å². The zero-order valence-corrected chi connectivity index (χ0v) is 19.9. The number of imide groups is 1. The van der Waals surface area contributed by atoms with Crippen LogP contribution in [0.3, 0.4) is 0 Å². The highest BCUT2D eigenvalue weighted by atomic mass is 32.2. The molecule has 0 spiro atoms. The summed E-state index contributed by atoms with van der Waals surface area (Å²) in [6.07, 6.45) is 0.349. The molecule has 0 saturated carbocycles. The molecule has 35 heavy (non-hydrogen) atoms. The first kappa shape index (κ1) is 24.3. The lowest BCUT2D eigenvalue weighted by Gasteiger charge is -2.28. The maximum atomic E-state index is 13.5. The molecular weight excluding hydrogens is 466 g/mol. The Kier molecular flexibility index (Phi) is 6.81. The lowest BCUT2D eigenvalue weighted by molar-refractivity contribution is -0.122. The number of amides is 3. The molecule has 1 aliphatic rings. The topological polar surface area (TPSA) is 118 Å². The summed E-state index contributed by atoms with van der Waals surface area (Å²) in [6.45, 7) is 2.13. The summed E-state index contributed by atoms with van der Waals surface area (Å²) in [5.41, 5.74) is 2.57. The zero-order chi connectivity index (χ0) is 25.2. The number of carbonyl (C=O) groups excluding carboxylic acids is 3. The first-order valence-electron chi connectivity index (χ1n) is 11.1. The van der Waals surface area contributed by atoms with E-state index < -0.39 is 27.9 Å². The largest absolute Gasteiger partial charge is 0.326 e. The van der Waals surface area contributed by atoms with Crippen LogP contribution in [-0.4, -0.2) is 43.6 Å². The average Bonchev–Trinajstić information content (AvgIpc) is 3.13. The van der Waals surface area contributed by atoms with Crippen LogP contribution in [0.25, 0.3) is 0 Å². The van der Waals surface area contributed by atoms with Crippen molar-refractivity contribution in [1.29, 1.82) is 0 Å². The first-order chi connectivity index (χ1) is 16.6. The van der Waals surface area contributed by atoms with Crippen LogP contribution in [0.15, 0.2) is 83.8 Å². The highest BCUT2D eigenvalue weighted by Gasteiger charge is 2.44. The second-order valence-electron chi connectivity index (χ2n) is 8.43. The van der Waals surface area contributed by atoms with Gasteiger partial charge < -0.3 is 4.90 Å². The molecule has 4 rings (SSSR count). The lowest BCUT2D eigenvalue weighted by Crippen LogP contribution is -2.46. The monoisotopic (exact) mass is 491 g/mol. The second kappa shape index (κ2) is 9.81. The molecule has 1 unspecified atom stereocenters. The molecular formula is C26H25N3O5S. The van der Waals surface area contributed by atoms with Crippen LogP contribution in [0.5, 0.6) is 0 Å². The molecule has 3 amide bonds. The van der Waals surface area contributed by atoms with Crippen LogP contribution >= 0.6 is 0 Å². The molecule has 0 bridgehead atoms. The minimum absolute atomic E-state index is 0.129. The van der Waals surface area contributed by atoms with Gasteiger partial charge in [-0.2, -0.15) is 0 Å². The summed E-state index contributed by atoms with van der Waals surface area (Å²) < 4.78 is 23.1. The number of sulfonamides is 1. The summed E-state index contributed by atoms with van der Waals surface area (Å²) in [5.74, 6) is -1.33. The van der Waals surface area contributed by atoms with Gasteiger partial charge in [0.2, 0.25) is 15.9 Å². The third kappa shape index (κ3) is 5.31. The number of aryl methyl sites for hydroxylation is 1. The van der Waals surface area contributed by atoms with E-state index in [1.807, 2.05) is 43.3 Å². The highest BCUT2D eigenvalue weighted by molar-refractivity contribution is 7.89. The van der Waals surface area contributed by atoms with E-state index in [0.29, 0.717) is 12.0 Å². The van der Waals surface area contributed by atoms with Gasteiger partial charge >= 0.3 is 0 Å². The van der Waals surface area contributed by atoms with Crippen LogP contribution in [-0.2, 0) is 26.0 Å². The second-order valence-corrected chi connectivity index (χ2v) is 9.99. The summed E-state index contributed by atoms with van der Waals surface area (Å²) in [7, 11) is -3.91. The summed E-state index contributed by atoms with van der Waals surface area (Å²) >= 11 is 0. The van der Waals surface area contributed by atoms with E-state index in [2.05, 4.69) is 0 Å². The lowest BCUT2D eigenvalue weighted by atomic mass is 10.1. The number of nitrogens with zero attached hydrogens (tertiary/aromatic N) is 2. The molecule has 1 atom stereocenters. The molecule has 9 heteroatoms. The predicted molar refractivity (Wildman–Crippen MR) is 131 cm³/mol. The van der Waals surface area contributed by atoms with Crippen molar-refractivity contribution in [3.63, 3.8) is 0 Å². The van der Waals surface area contributed by atoms with E-state index >= 15 is 0 Å². The van der Waals surface area contributed by atoms with Crippen molar-refractivity contribution >= 4 is 33.4 Å². The third-order valence-electron chi connectivity index (χ3n) is 5.93. The van der Waals surface area contributed by atoms with Gasteiger partial charge in [0.25, 0.3) is 11.8 Å². The van der Waals surface area contributed by atoms with E-state index in [-0.39, 0.29) is 29.5 Å². The highest BCUT2D eigenvalue weighted by Crippen LogP contribution is 2.28. The van der Waals surface area contributed by atoms with Crippen LogP contribution < -0.4 is 10.0 Å². The predicted octanol–water partition coefficient (Wildman–Crippen LogP) is 2.66. The maximum Gasteiger partial charge on any atom is 0.257 e. The Morgan fingerprint density at radius 2 is 1.69 bits per heavy atom. The number of hydrogen-bond acceptors (Lipinski definition) is 5. The van der Waals surface area contributed by atoms with Crippen molar-refractivity contribution in [3.05, 3.63) is 95.6 Å². The van der Waals surface area contributed by atoms with Crippen LogP contribution in [0.1, 0.15) is 27.9 Å². The molecule has 1 aliphatic heterocycles. The molecule has 1 heterocycles. The third-order valence-corrected chi connectivity index (χ3v) is 6.86. The molecule has 180 valence electrons. The fourth-order valence-corrected chi connectivity index (χ4v) is 4.67. The van der Waals surface area contributed by atoms with Crippen molar-refractivity contribution in [2.45, 2.75) is 30.7 Å². The van der Waals surface area contributed by atoms with Gasteiger partial charge in [-0.15, -0.1) is 0 Å². The number of nitrogens with two attached hydrogens (primary N) is 1. The first-order valence-corrected chi connectivity index (χ1v) is 12.6. The molecule has 8 nitrogen and oxygen atoms in total. The number of carbonyl (C=O) groups is 3. The van der Waals surface area contributed by atoms with E-state index in [1.54, 1.807) is 18.2 Å². The van der Waals surface area contributed by atoms with E-state index in [9.17, 15) is 22.8 Å². The molecule has 0 radical (unpaired) electrons. The van der Waals surface area contributed by atoms with Gasteiger partial charge in [-0.3, -0.25) is 14.4 Å². The van der Waals surface area contributed by atoms with E-state index in [0.717, 1.165) is 16.0 Å². The molecule has 0 aromatic heterocycles. The summed E-state index contributed by atoms with van der Waals surface area (Å²) in [6, 6.07) is 20.9. The van der Waals surface area contributed by atoms with Crippen LogP contribution in [0.2, 0.25) is 0 Å². The number of primary sulfonamides is 1. The number of hydrogen-bond donors (Lipinski definition) is 1. The SMILES string of the molecule is Cc1cccc(C(=O)N(CCc2ccccc2)C2CC(=O)N(c3ccc(S(N)(=O)=O)cc3)C2=O)c1. The van der Waals surface area contributed by atoms with Gasteiger partial charge in [-0.05, 0) is 55.3 Å². The fraction of sp³-hybridized carbons (Fsp3) is 0.192. The normalized spacial score (nSPS) is 15.9.